The van der Waals surface area contributed by atoms with Crippen LogP contribution in [0.5, 0.6) is 11.5 Å². The molecule has 46 heavy (non-hydrogen) atoms. The second-order valence-electron chi connectivity index (χ2n) is 13.2. The molecule has 2 aromatic carbocycles. The molecule has 1 heterocycles. The van der Waals surface area contributed by atoms with Crippen LogP contribution in [0, 0.1) is 41.2 Å². The van der Waals surface area contributed by atoms with Crippen LogP contribution in [0.25, 0.3) is 11.1 Å². The second kappa shape index (κ2) is 15.1. The van der Waals surface area contributed by atoms with Crippen molar-refractivity contribution >= 4 is 0 Å². The van der Waals surface area contributed by atoms with Crippen molar-refractivity contribution in [1.29, 1.82) is 0 Å². The normalized spacial score (nSPS) is 27.7. The molecular formula is C35H43F7O4. The standard InChI is InChI=1S/C35H43F7O4/c1-2-3-4-5-22-20-43-33(44-21-22)26-8-6-23(7-9-26)24-10-14-28(15-11-24)34(38,39)45-29-16-12-25(13-17-29)27-18-30(36)32(31(37)19-27)46-35(40,41)42/h12-13,16-19,22-24,26,28,33H,2-11,14-15,20-21H2,1H3. The molecule has 0 bridgehead atoms. The summed E-state index contributed by atoms with van der Waals surface area (Å²) < 4.78 is 117. The van der Waals surface area contributed by atoms with Crippen LogP contribution in [0.3, 0.4) is 0 Å². The van der Waals surface area contributed by atoms with Crippen LogP contribution in [0.2, 0.25) is 0 Å². The van der Waals surface area contributed by atoms with Crippen LogP contribution >= 0.6 is 0 Å². The number of halogens is 7. The fourth-order valence-electron chi connectivity index (χ4n) is 7.39. The highest BCUT2D eigenvalue weighted by Gasteiger charge is 2.45. The Morgan fingerprint density at radius 3 is 1.78 bits per heavy atom. The molecule has 0 unspecified atom stereocenters. The maximum atomic E-state index is 15.2. The minimum absolute atomic E-state index is 0.0829. The third-order valence-electron chi connectivity index (χ3n) is 9.98. The van der Waals surface area contributed by atoms with Gasteiger partial charge in [-0.2, -0.15) is 8.78 Å². The predicted molar refractivity (Wildman–Crippen MR) is 158 cm³/mol. The third-order valence-corrected chi connectivity index (χ3v) is 9.98. The van der Waals surface area contributed by atoms with Crippen LogP contribution in [-0.4, -0.2) is 32.0 Å². The monoisotopic (exact) mass is 660 g/mol. The largest absolute Gasteiger partial charge is 0.573 e. The maximum absolute atomic E-state index is 15.2. The quantitative estimate of drug-likeness (QED) is 0.178. The van der Waals surface area contributed by atoms with E-state index in [1.54, 1.807) is 0 Å². The first-order valence-electron chi connectivity index (χ1n) is 16.6. The van der Waals surface area contributed by atoms with Gasteiger partial charge in [0.25, 0.3) is 0 Å². The van der Waals surface area contributed by atoms with E-state index < -0.39 is 35.8 Å². The minimum atomic E-state index is -5.26. The van der Waals surface area contributed by atoms with Gasteiger partial charge in [0.15, 0.2) is 17.9 Å². The van der Waals surface area contributed by atoms with Crippen LogP contribution in [0.15, 0.2) is 36.4 Å². The van der Waals surface area contributed by atoms with Crippen LogP contribution in [-0.2, 0) is 9.47 Å². The zero-order valence-electron chi connectivity index (χ0n) is 26.1. The van der Waals surface area contributed by atoms with E-state index in [0.29, 0.717) is 48.6 Å². The fourth-order valence-corrected chi connectivity index (χ4v) is 7.39. The van der Waals surface area contributed by atoms with Gasteiger partial charge in [0.1, 0.15) is 5.75 Å². The second-order valence-corrected chi connectivity index (χ2v) is 13.2. The van der Waals surface area contributed by atoms with Gasteiger partial charge < -0.3 is 18.9 Å². The number of alkyl halides is 5. The molecule has 0 atom stereocenters. The zero-order chi connectivity index (χ0) is 32.9. The lowest BCUT2D eigenvalue weighted by atomic mass is 9.69. The summed E-state index contributed by atoms with van der Waals surface area (Å²) in [6.07, 6.45) is 2.40. The lowest BCUT2D eigenvalue weighted by molar-refractivity contribution is -0.276. The van der Waals surface area contributed by atoms with Gasteiger partial charge in [-0.3, -0.25) is 0 Å². The molecule has 5 rings (SSSR count). The molecule has 3 aliphatic rings. The van der Waals surface area contributed by atoms with Crippen LogP contribution in [0.1, 0.15) is 84.0 Å². The lowest BCUT2D eigenvalue weighted by Gasteiger charge is -2.41. The first-order valence-corrected chi connectivity index (χ1v) is 16.6. The Bertz CT molecular complexity index is 1220. The summed E-state index contributed by atoms with van der Waals surface area (Å²) in [6, 6.07) is 6.48. The van der Waals surface area contributed by atoms with E-state index in [1.165, 1.54) is 43.5 Å². The molecule has 2 saturated carbocycles. The van der Waals surface area contributed by atoms with E-state index in [4.69, 9.17) is 14.2 Å². The molecule has 0 aromatic heterocycles. The van der Waals surface area contributed by atoms with E-state index in [2.05, 4.69) is 11.7 Å². The minimum Gasteiger partial charge on any atom is -0.432 e. The van der Waals surface area contributed by atoms with Crippen molar-refractivity contribution < 1.29 is 49.7 Å². The molecule has 3 fully saturated rings. The fraction of sp³-hybridized carbons (Fsp3) is 0.657. The molecule has 0 radical (unpaired) electrons. The first kappa shape index (κ1) is 34.8. The van der Waals surface area contributed by atoms with Crippen molar-refractivity contribution in [2.24, 2.45) is 29.6 Å². The van der Waals surface area contributed by atoms with Crippen LogP contribution in [0.4, 0.5) is 30.7 Å². The number of benzene rings is 2. The highest BCUT2D eigenvalue weighted by molar-refractivity contribution is 5.65. The van der Waals surface area contributed by atoms with E-state index in [1.807, 2.05) is 0 Å². The summed E-state index contributed by atoms with van der Waals surface area (Å²) in [5.41, 5.74) is 0.121. The summed E-state index contributed by atoms with van der Waals surface area (Å²) in [5, 5.41) is 0. The number of hydrogen-bond donors (Lipinski definition) is 0. The van der Waals surface area contributed by atoms with E-state index in [0.717, 1.165) is 58.2 Å². The summed E-state index contributed by atoms with van der Waals surface area (Å²) in [7, 11) is 0. The predicted octanol–water partition coefficient (Wildman–Crippen LogP) is 10.7. The topological polar surface area (TPSA) is 36.9 Å². The van der Waals surface area contributed by atoms with Gasteiger partial charge in [-0.1, -0.05) is 38.3 Å². The van der Waals surface area contributed by atoms with Crippen molar-refractivity contribution in [3.63, 3.8) is 0 Å². The molecule has 0 spiro atoms. The van der Waals surface area contributed by atoms with Crippen molar-refractivity contribution in [1.82, 2.24) is 0 Å². The van der Waals surface area contributed by atoms with Crippen molar-refractivity contribution in [3.05, 3.63) is 48.0 Å². The molecule has 2 aliphatic carbocycles. The Kier molecular flexibility index (Phi) is 11.4. The van der Waals surface area contributed by atoms with Crippen LogP contribution < -0.4 is 9.47 Å². The summed E-state index contributed by atoms with van der Waals surface area (Å²) in [4.78, 5) is 0. The molecule has 0 amide bonds. The summed E-state index contributed by atoms with van der Waals surface area (Å²) in [6.45, 7) is 3.75. The number of unbranched alkanes of at least 4 members (excludes halogenated alkanes) is 2. The molecule has 1 saturated heterocycles. The lowest BCUT2D eigenvalue weighted by Crippen LogP contribution is -2.40. The van der Waals surface area contributed by atoms with Crippen molar-refractivity contribution in [2.45, 2.75) is 103 Å². The Morgan fingerprint density at radius 2 is 1.24 bits per heavy atom. The Balaban J connectivity index is 1.06. The smallest absolute Gasteiger partial charge is 0.432 e. The number of hydrogen-bond acceptors (Lipinski definition) is 4. The summed E-state index contributed by atoms with van der Waals surface area (Å²) >= 11 is 0. The molecule has 2 aromatic rings. The highest BCUT2D eigenvalue weighted by atomic mass is 19.4. The van der Waals surface area contributed by atoms with Crippen molar-refractivity contribution in [3.8, 4) is 22.6 Å². The Labute approximate surface area is 265 Å². The Hall–Kier alpha value is -2.53. The van der Waals surface area contributed by atoms with E-state index in [-0.39, 0.29) is 23.2 Å². The average Bonchev–Trinajstić information content (AvgIpc) is 3.03. The maximum Gasteiger partial charge on any atom is 0.573 e. The van der Waals surface area contributed by atoms with Gasteiger partial charge in [-0.15, -0.1) is 13.2 Å². The number of ether oxygens (including phenoxy) is 4. The van der Waals surface area contributed by atoms with Gasteiger partial charge in [-0.25, -0.2) is 8.78 Å². The van der Waals surface area contributed by atoms with E-state index in [9.17, 15) is 22.0 Å². The van der Waals surface area contributed by atoms with Gasteiger partial charge in [0, 0.05) is 11.8 Å². The molecule has 11 heteroatoms. The highest BCUT2D eigenvalue weighted by Crippen LogP contribution is 2.46. The number of rotatable bonds is 11. The molecule has 4 nitrogen and oxygen atoms in total. The SMILES string of the molecule is CCCCCC1COC(C2CCC(C3CCC(C(F)(F)Oc4ccc(-c5cc(F)c(OC(F)(F)F)c(F)c5)cc4)CC3)CC2)OC1. The van der Waals surface area contributed by atoms with Gasteiger partial charge in [0.2, 0.25) is 5.75 Å². The van der Waals surface area contributed by atoms with Gasteiger partial charge >= 0.3 is 12.5 Å². The summed E-state index contributed by atoms with van der Waals surface area (Å²) in [5.74, 6) is -3.87. The zero-order valence-corrected chi connectivity index (χ0v) is 26.1. The molecule has 256 valence electrons. The van der Waals surface area contributed by atoms with Gasteiger partial charge in [0.05, 0.1) is 19.1 Å². The molecule has 0 N–H and O–H groups in total. The molecular weight excluding hydrogens is 617 g/mol. The first-order chi connectivity index (χ1) is 21.9. The Morgan fingerprint density at radius 1 is 0.696 bits per heavy atom. The third kappa shape index (κ3) is 9.08. The van der Waals surface area contributed by atoms with Gasteiger partial charge in [-0.05, 0) is 105 Å². The average molecular weight is 661 g/mol. The molecule has 1 aliphatic heterocycles. The van der Waals surface area contributed by atoms with Crippen molar-refractivity contribution in [2.75, 3.05) is 13.2 Å². The van der Waals surface area contributed by atoms with E-state index >= 15 is 8.78 Å².